The van der Waals surface area contributed by atoms with Crippen LogP contribution in [0.25, 0.3) is 17.1 Å². The molecule has 0 aliphatic carbocycles. The van der Waals surface area contributed by atoms with Gasteiger partial charge in [-0.25, -0.2) is 4.98 Å². The van der Waals surface area contributed by atoms with E-state index in [9.17, 15) is 4.79 Å². The topological polar surface area (TPSA) is 46.9 Å². The standard InChI is InChI=1S/C21H21N3O/c1-3-20(25)22-16(2)21-23-18-13-7-8-14-19(18)24(21)15-9-12-17-10-5-4-6-11-17/h3-14,16H,1,15H2,2H3,(H,22,25)/b12-9+. The Balaban J connectivity index is 1.91. The van der Waals surface area contributed by atoms with Gasteiger partial charge in [0.1, 0.15) is 5.82 Å². The first-order valence-corrected chi connectivity index (χ1v) is 8.28. The summed E-state index contributed by atoms with van der Waals surface area (Å²) < 4.78 is 2.13. The highest BCUT2D eigenvalue weighted by Crippen LogP contribution is 2.21. The molecule has 0 aliphatic heterocycles. The van der Waals surface area contributed by atoms with E-state index in [-0.39, 0.29) is 11.9 Å². The van der Waals surface area contributed by atoms with Crippen LogP contribution < -0.4 is 5.32 Å². The van der Waals surface area contributed by atoms with Gasteiger partial charge in [0, 0.05) is 6.54 Å². The van der Waals surface area contributed by atoms with E-state index in [1.807, 2.05) is 49.4 Å². The molecule has 25 heavy (non-hydrogen) atoms. The van der Waals surface area contributed by atoms with Crippen molar-refractivity contribution in [2.45, 2.75) is 19.5 Å². The molecule has 0 fully saturated rings. The lowest BCUT2D eigenvalue weighted by molar-refractivity contribution is -0.117. The number of allylic oxidation sites excluding steroid dienone is 1. The van der Waals surface area contributed by atoms with Gasteiger partial charge in [0.2, 0.25) is 5.91 Å². The molecule has 4 nitrogen and oxygen atoms in total. The van der Waals surface area contributed by atoms with Crippen molar-refractivity contribution in [1.29, 1.82) is 0 Å². The number of para-hydroxylation sites is 2. The molecule has 1 unspecified atom stereocenters. The monoisotopic (exact) mass is 331 g/mol. The fourth-order valence-corrected chi connectivity index (χ4v) is 2.81. The first-order valence-electron chi connectivity index (χ1n) is 8.28. The third-order valence-corrected chi connectivity index (χ3v) is 4.01. The first-order chi connectivity index (χ1) is 12.2. The first kappa shape index (κ1) is 16.7. The number of hydrogen-bond donors (Lipinski definition) is 1. The maximum Gasteiger partial charge on any atom is 0.243 e. The van der Waals surface area contributed by atoms with Crippen LogP contribution in [-0.2, 0) is 11.3 Å². The lowest BCUT2D eigenvalue weighted by Gasteiger charge is -2.14. The Hall–Kier alpha value is -3.14. The lowest BCUT2D eigenvalue weighted by Crippen LogP contribution is -2.26. The summed E-state index contributed by atoms with van der Waals surface area (Å²) in [5.41, 5.74) is 3.13. The predicted octanol–water partition coefficient (Wildman–Crippen LogP) is 4.11. The van der Waals surface area contributed by atoms with E-state index < -0.39 is 0 Å². The number of aromatic nitrogens is 2. The molecule has 0 spiro atoms. The maximum atomic E-state index is 11.6. The van der Waals surface area contributed by atoms with E-state index in [1.165, 1.54) is 6.08 Å². The normalized spacial score (nSPS) is 12.4. The minimum atomic E-state index is -0.206. The fourth-order valence-electron chi connectivity index (χ4n) is 2.81. The van der Waals surface area contributed by atoms with Gasteiger partial charge in [0.15, 0.2) is 0 Å². The minimum Gasteiger partial charge on any atom is -0.343 e. The number of carbonyl (C=O) groups excluding carboxylic acids is 1. The Kier molecular flexibility index (Phi) is 5.09. The Labute approximate surface area is 147 Å². The number of nitrogens with one attached hydrogen (secondary N) is 1. The molecule has 0 saturated carbocycles. The van der Waals surface area contributed by atoms with Crippen molar-refractivity contribution in [2.24, 2.45) is 0 Å². The molecule has 0 aliphatic rings. The molecular weight excluding hydrogens is 310 g/mol. The lowest BCUT2D eigenvalue weighted by atomic mass is 10.2. The van der Waals surface area contributed by atoms with Crippen LogP contribution in [0.5, 0.6) is 0 Å². The largest absolute Gasteiger partial charge is 0.343 e. The van der Waals surface area contributed by atoms with Crippen LogP contribution in [0.2, 0.25) is 0 Å². The van der Waals surface area contributed by atoms with Crippen LogP contribution in [0.3, 0.4) is 0 Å². The van der Waals surface area contributed by atoms with Crippen LogP contribution in [-0.4, -0.2) is 15.5 Å². The van der Waals surface area contributed by atoms with E-state index in [4.69, 9.17) is 4.98 Å². The molecule has 1 atom stereocenters. The summed E-state index contributed by atoms with van der Waals surface area (Å²) in [4.78, 5) is 16.3. The third kappa shape index (κ3) is 3.86. The predicted molar refractivity (Wildman–Crippen MR) is 102 cm³/mol. The molecule has 1 aromatic heterocycles. The second-order valence-electron chi connectivity index (χ2n) is 5.82. The summed E-state index contributed by atoms with van der Waals surface area (Å²) in [7, 11) is 0. The van der Waals surface area contributed by atoms with Crippen LogP contribution in [0.15, 0.2) is 73.3 Å². The van der Waals surface area contributed by atoms with Crippen molar-refractivity contribution in [1.82, 2.24) is 14.9 Å². The van der Waals surface area contributed by atoms with Gasteiger partial charge in [-0.1, -0.05) is 61.2 Å². The zero-order valence-corrected chi connectivity index (χ0v) is 14.2. The number of carbonyl (C=O) groups is 1. The molecule has 3 rings (SSSR count). The van der Waals surface area contributed by atoms with Gasteiger partial charge in [0.25, 0.3) is 0 Å². The third-order valence-electron chi connectivity index (χ3n) is 4.01. The van der Waals surface area contributed by atoms with E-state index in [0.29, 0.717) is 6.54 Å². The van der Waals surface area contributed by atoms with Gasteiger partial charge in [-0.3, -0.25) is 4.79 Å². The van der Waals surface area contributed by atoms with Crippen LogP contribution >= 0.6 is 0 Å². The molecule has 1 amide bonds. The smallest absolute Gasteiger partial charge is 0.243 e. The second kappa shape index (κ2) is 7.62. The van der Waals surface area contributed by atoms with Crippen molar-refractivity contribution in [3.05, 3.63) is 84.7 Å². The van der Waals surface area contributed by atoms with Crippen LogP contribution in [0, 0.1) is 0 Å². The Morgan fingerprint density at radius 1 is 1.20 bits per heavy atom. The molecule has 4 heteroatoms. The quantitative estimate of drug-likeness (QED) is 0.691. The van der Waals surface area contributed by atoms with Gasteiger partial charge in [-0.2, -0.15) is 0 Å². The van der Waals surface area contributed by atoms with E-state index >= 15 is 0 Å². The van der Waals surface area contributed by atoms with Crippen LogP contribution in [0.1, 0.15) is 24.4 Å². The minimum absolute atomic E-state index is 0.203. The molecule has 2 aromatic carbocycles. The number of fused-ring (bicyclic) bond motifs is 1. The average molecular weight is 331 g/mol. The molecule has 126 valence electrons. The summed E-state index contributed by atoms with van der Waals surface area (Å²) in [6.07, 6.45) is 5.47. The van der Waals surface area contributed by atoms with Crippen LogP contribution in [0.4, 0.5) is 0 Å². The van der Waals surface area contributed by atoms with Crippen molar-refractivity contribution >= 4 is 23.0 Å². The van der Waals surface area contributed by atoms with Gasteiger partial charge in [-0.05, 0) is 30.7 Å². The molecule has 0 saturated heterocycles. The van der Waals surface area contributed by atoms with Crippen molar-refractivity contribution in [2.75, 3.05) is 0 Å². The summed E-state index contributed by atoms with van der Waals surface area (Å²) in [5, 5.41) is 2.89. The molecule has 3 aromatic rings. The zero-order valence-electron chi connectivity index (χ0n) is 14.2. The van der Waals surface area contributed by atoms with E-state index in [0.717, 1.165) is 22.4 Å². The number of nitrogens with zero attached hydrogens (tertiary/aromatic N) is 2. The van der Waals surface area contributed by atoms with Crippen molar-refractivity contribution in [3.63, 3.8) is 0 Å². The Morgan fingerprint density at radius 3 is 2.68 bits per heavy atom. The molecule has 0 radical (unpaired) electrons. The van der Waals surface area contributed by atoms with E-state index in [2.05, 4.69) is 40.7 Å². The number of hydrogen-bond acceptors (Lipinski definition) is 2. The number of benzene rings is 2. The summed E-state index contributed by atoms with van der Waals surface area (Å²) in [5.74, 6) is 0.625. The fraction of sp³-hybridized carbons (Fsp3) is 0.143. The molecular formula is C21H21N3O. The second-order valence-corrected chi connectivity index (χ2v) is 5.82. The number of amides is 1. The Bertz CT molecular complexity index is 909. The SMILES string of the molecule is C=CC(=O)NC(C)c1nc2ccccc2n1C/C=C/c1ccccc1. The Morgan fingerprint density at radius 2 is 1.92 bits per heavy atom. The number of rotatable bonds is 6. The van der Waals surface area contributed by atoms with Crippen molar-refractivity contribution in [3.8, 4) is 0 Å². The van der Waals surface area contributed by atoms with Gasteiger partial charge in [-0.15, -0.1) is 0 Å². The van der Waals surface area contributed by atoms with Gasteiger partial charge < -0.3 is 9.88 Å². The summed E-state index contributed by atoms with van der Waals surface area (Å²) in [6.45, 7) is 6.12. The van der Waals surface area contributed by atoms with E-state index in [1.54, 1.807) is 0 Å². The summed E-state index contributed by atoms with van der Waals surface area (Å²) in [6, 6.07) is 18.0. The zero-order chi connectivity index (χ0) is 17.6. The molecule has 0 bridgehead atoms. The van der Waals surface area contributed by atoms with Crippen molar-refractivity contribution < 1.29 is 4.79 Å². The highest BCUT2D eigenvalue weighted by molar-refractivity contribution is 5.87. The molecule has 1 heterocycles. The maximum absolute atomic E-state index is 11.6. The number of imidazole rings is 1. The molecule has 1 N–H and O–H groups in total. The highest BCUT2D eigenvalue weighted by atomic mass is 16.1. The highest BCUT2D eigenvalue weighted by Gasteiger charge is 2.16. The summed E-state index contributed by atoms with van der Waals surface area (Å²) >= 11 is 0. The van der Waals surface area contributed by atoms with Gasteiger partial charge in [0.05, 0.1) is 17.1 Å². The van der Waals surface area contributed by atoms with Gasteiger partial charge >= 0.3 is 0 Å². The average Bonchev–Trinajstić information content (AvgIpc) is 3.01.